The molecule has 194 valence electrons. The summed E-state index contributed by atoms with van der Waals surface area (Å²) in [6, 6.07) is 15.3. The van der Waals surface area contributed by atoms with Gasteiger partial charge in [0.25, 0.3) is 5.91 Å². The Bertz CT molecular complexity index is 1290. The van der Waals surface area contributed by atoms with Crippen LogP contribution in [0, 0.1) is 5.92 Å². The highest BCUT2D eigenvalue weighted by molar-refractivity contribution is 6.00. The van der Waals surface area contributed by atoms with Crippen LogP contribution in [0.25, 0.3) is 11.1 Å². The van der Waals surface area contributed by atoms with Crippen molar-refractivity contribution in [2.24, 2.45) is 5.92 Å². The van der Waals surface area contributed by atoms with E-state index in [2.05, 4.69) is 26.7 Å². The number of nitrogens with zero attached hydrogens (tertiary/aromatic N) is 2. The molecule has 0 saturated heterocycles. The normalized spacial score (nSPS) is 16.6. The second-order valence-corrected chi connectivity index (χ2v) is 9.82. The number of alkyl carbamates (subject to hydrolysis) is 1. The van der Waals surface area contributed by atoms with Crippen molar-refractivity contribution in [2.45, 2.75) is 52.0 Å². The molecule has 0 fully saturated rings. The van der Waals surface area contributed by atoms with Gasteiger partial charge >= 0.3 is 6.09 Å². The lowest BCUT2D eigenvalue weighted by molar-refractivity contribution is -0.122. The lowest BCUT2D eigenvalue weighted by Crippen LogP contribution is -2.60. The Balaban J connectivity index is 1.57. The molecule has 2 aromatic carbocycles. The van der Waals surface area contributed by atoms with Crippen molar-refractivity contribution in [3.63, 3.8) is 0 Å². The van der Waals surface area contributed by atoms with E-state index in [0.29, 0.717) is 37.2 Å². The zero-order valence-electron chi connectivity index (χ0n) is 21.5. The van der Waals surface area contributed by atoms with Crippen LogP contribution in [0.2, 0.25) is 0 Å². The van der Waals surface area contributed by atoms with E-state index in [0.717, 1.165) is 22.4 Å². The van der Waals surface area contributed by atoms with Crippen LogP contribution < -0.4 is 22.1 Å². The second-order valence-electron chi connectivity index (χ2n) is 9.82. The molecular weight excluding hydrogens is 468 g/mol. The summed E-state index contributed by atoms with van der Waals surface area (Å²) in [5, 5.41) is 5.89. The first-order valence-electron chi connectivity index (χ1n) is 12.6. The fourth-order valence-electron chi connectivity index (χ4n) is 4.65. The van der Waals surface area contributed by atoms with Crippen LogP contribution in [0.5, 0.6) is 0 Å². The number of rotatable bonds is 7. The van der Waals surface area contributed by atoms with E-state index >= 15 is 0 Å². The number of amides is 2. The minimum Gasteiger partial charge on any atom is -0.449 e. The lowest BCUT2D eigenvalue weighted by Gasteiger charge is -2.37. The van der Waals surface area contributed by atoms with Gasteiger partial charge in [0.05, 0.1) is 12.3 Å². The standard InChI is InChI=1S/C28H34N6O3/c1-4-22-23(24(29)33-26(30)32-22)19-9-11-21(12-10-19)31-25(35)28(34-27(36)37-16-17(2)3)14-13-18-7-5-6-8-20(18)15-28/h5-12,17H,4,13-16H2,1-3H3,(H,31,35)(H,34,36)(H4,29,30,32,33)/t28-/m0/s1. The van der Waals surface area contributed by atoms with E-state index in [9.17, 15) is 9.59 Å². The van der Waals surface area contributed by atoms with Crippen molar-refractivity contribution in [1.29, 1.82) is 0 Å². The third kappa shape index (κ3) is 5.82. The SMILES string of the molecule is CCc1nc(N)nc(N)c1-c1ccc(NC(=O)[C@]2(NC(=O)OCC(C)C)CCc3ccccc3C2)cc1. The van der Waals surface area contributed by atoms with Crippen molar-refractivity contribution in [1.82, 2.24) is 15.3 Å². The first-order chi connectivity index (χ1) is 17.7. The molecule has 1 aliphatic carbocycles. The van der Waals surface area contributed by atoms with Gasteiger partial charge in [-0.2, -0.15) is 4.98 Å². The maximum atomic E-state index is 13.7. The highest BCUT2D eigenvalue weighted by Gasteiger charge is 2.43. The van der Waals surface area contributed by atoms with E-state index < -0.39 is 11.6 Å². The van der Waals surface area contributed by atoms with Gasteiger partial charge in [-0.15, -0.1) is 0 Å². The van der Waals surface area contributed by atoms with Crippen LogP contribution >= 0.6 is 0 Å². The molecule has 0 saturated carbocycles. The molecule has 0 aliphatic heterocycles. The molecule has 0 radical (unpaired) electrons. The molecule has 4 rings (SSSR count). The number of carbonyl (C=O) groups is 2. The van der Waals surface area contributed by atoms with E-state index in [1.807, 2.05) is 51.1 Å². The van der Waals surface area contributed by atoms with Gasteiger partial charge in [-0.1, -0.05) is 57.2 Å². The average Bonchev–Trinajstić information content (AvgIpc) is 2.87. The lowest BCUT2D eigenvalue weighted by atomic mass is 9.77. The minimum absolute atomic E-state index is 0.140. The number of nitrogens with two attached hydrogens (primary N) is 2. The van der Waals surface area contributed by atoms with Crippen LogP contribution in [0.3, 0.4) is 0 Å². The Hall–Kier alpha value is -4.14. The Morgan fingerprint density at radius 3 is 2.43 bits per heavy atom. The number of hydrogen-bond acceptors (Lipinski definition) is 7. The number of aryl methyl sites for hydroxylation is 2. The summed E-state index contributed by atoms with van der Waals surface area (Å²) in [5.74, 6) is 0.349. The third-order valence-electron chi connectivity index (χ3n) is 6.55. The van der Waals surface area contributed by atoms with E-state index in [-0.39, 0.29) is 24.4 Å². The first kappa shape index (κ1) is 25.9. The van der Waals surface area contributed by atoms with E-state index in [4.69, 9.17) is 16.2 Å². The molecule has 37 heavy (non-hydrogen) atoms. The van der Waals surface area contributed by atoms with Gasteiger partial charge in [0.2, 0.25) is 5.95 Å². The quantitative estimate of drug-likeness (QED) is 0.380. The number of carbonyl (C=O) groups excluding carboxylic acids is 2. The first-order valence-corrected chi connectivity index (χ1v) is 12.6. The molecule has 6 N–H and O–H groups in total. The fraction of sp³-hybridized carbons (Fsp3) is 0.357. The molecule has 3 aromatic rings. The number of anilines is 3. The van der Waals surface area contributed by atoms with Crippen LogP contribution in [0.15, 0.2) is 48.5 Å². The number of aromatic nitrogens is 2. The third-order valence-corrected chi connectivity index (χ3v) is 6.55. The number of ether oxygens (including phenoxy) is 1. The Labute approximate surface area is 217 Å². The molecule has 1 aromatic heterocycles. The monoisotopic (exact) mass is 502 g/mol. The summed E-state index contributed by atoms with van der Waals surface area (Å²) in [5.41, 5.74) is 15.9. The van der Waals surface area contributed by atoms with Crippen molar-refractivity contribution in [2.75, 3.05) is 23.4 Å². The smallest absolute Gasteiger partial charge is 0.408 e. The zero-order valence-corrected chi connectivity index (χ0v) is 21.5. The maximum absolute atomic E-state index is 13.7. The predicted octanol–water partition coefficient (Wildman–Crippen LogP) is 4.12. The van der Waals surface area contributed by atoms with Crippen molar-refractivity contribution in [3.8, 4) is 11.1 Å². The van der Waals surface area contributed by atoms with Crippen LogP contribution in [0.1, 0.15) is 44.0 Å². The summed E-state index contributed by atoms with van der Waals surface area (Å²) in [6.07, 6.45) is 1.56. The van der Waals surface area contributed by atoms with Gasteiger partial charge < -0.3 is 26.8 Å². The van der Waals surface area contributed by atoms with Crippen molar-refractivity contribution >= 4 is 29.5 Å². The van der Waals surface area contributed by atoms with Crippen LogP contribution in [-0.2, 0) is 28.8 Å². The highest BCUT2D eigenvalue weighted by atomic mass is 16.5. The average molecular weight is 503 g/mol. The highest BCUT2D eigenvalue weighted by Crippen LogP contribution is 2.32. The molecule has 1 aliphatic rings. The predicted molar refractivity (Wildman–Crippen MR) is 145 cm³/mol. The van der Waals surface area contributed by atoms with Gasteiger partial charge in [-0.05, 0) is 54.0 Å². The van der Waals surface area contributed by atoms with E-state index in [1.165, 1.54) is 5.56 Å². The fourth-order valence-corrected chi connectivity index (χ4v) is 4.65. The molecule has 0 spiro atoms. The minimum atomic E-state index is -1.13. The Kier molecular flexibility index (Phi) is 7.61. The summed E-state index contributed by atoms with van der Waals surface area (Å²) >= 11 is 0. The van der Waals surface area contributed by atoms with Crippen molar-refractivity contribution in [3.05, 3.63) is 65.4 Å². The molecular formula is C28H34N6O3. The van der Waals surface area contributed by atoms with E-state index in [1.54, 1.807) is 12.1 Å². The number of hydrogen-bond donors (Lipinski definition) is 4. The molecule has 1 atom stereocenters. The molecule has 9 heteroatoms. The van der Waals surface area contributed by atoms with Gasteiger partial charge in [0.1, 0.15) is 11.4 Å². The number of nitrogens with one attached hydrogen (secondary N) is 2. The molecule has 0 unspecified atom stereocenters. The largest absolute Gasteiger partial charge is 0.449 e. The van der Waals surface area contributed by atoms with Crippen molar-refractivity contribution < 1.29 is 14.3 Å². The van der Waals surface area contributed by atoms with Gasteiger partial charge in [-0.25, -0.2) is 9.78 Å². The van der Waals surface area contributed by atoms with Crippen LogP contribution in [0.4, 0.5) is 22.2 Å². The summed E-state index contributed by atoms with van der Waals surface area (Å²) in [6.45, 7) is 6.17. The van der Waals surface area contributed by atoms with Crippen LogP contribution in [-0.4, -0.2) is 34.1 Å². The zero-order chi connectivity index (χ0) is 26.6. The Morgan fingerprint density at radius 1 is 1.05 bits per heavy atom. The maximum Gasteiger partial charge on any atom is 0.408 e. The van der Waals surface area contributed by atoms with Gasteiger partial charge in [0, 0.05) is 17.7 Å². The molecule has 0 bridgehead atoms. The molecule has 1 heterocycles. The summed E-state index contributed by atoms with van der Waals surface area (Å²) in [4.78, 5) is 34.7. The second kappa shape index (κ2) is 10.9. The summed E-state index contributed by atoms with van der Waals surface area (Å²) < 4.78 is 5.36. The van der Waals surface area contributed by atoms with Gasteiger partial charge in [0.15, 0.2) is 0 Å². The topological polar surface area (TPSA) is 145 Å². The van der Waals surface area contributed by atoms with Gasteiger partial charge in [-0.3, -0.25) is 4.79 Å². The Morgan fingerprint density at radius 2 is 1.76 bits per heavy atom. The number of nitrogen functional groups attached to an aromatic ring is 2. The number of benzene rings is 2. The molecule has 9 nitrogen and oxygen atoms in total. The molecule has 2 amide bonds. The summed E-state index contributed by atoms with van der Waals surface area (Å²) in [7, 11) is 0. The number of fused-ring (bicyclic) bond motifs is 1.